The second kappa shape index (κ2) is 11.9. The number of rotatable bonds is 10. The Morgan fingerprint density at radius 3 is 2.39 bits per heavy atom. The van der Waals surface area contributed by atoms with Gasteiger partial charge in [0, 0.05) is 10.9 Å². The lowest BCUT2D eigenvalue weighted by Gasteiger charge is -2.24. The van der Waals surface area contributed by atoms with Crippen molar-refractivity contribution in [1.29, 1.82) is 0 Å². The molecule has 2 aromatic carbocycles. The molecule has 3 aromatic rings. The third-order valence-electron chi connectivity index (χ3n) is 6.18. The summed E-state index contributed by atoms with van der Waals surface area (Å²) in [4.78, 5) is 27.1. The highest BCUT2D eigenvalue weighted by molar-refractivity contribution is 7.92. The monoisotopic (exact) mass is 558 g/mol. The van der Waals surface area contributed by atoms with Gasteiger partial charge < -0.3 is 19.5 Å². The van der Waals surface area contributed by atoms with Crippen molar-refractivity contribution in [2.75, 3.05) is 37.0 Å². The van der Waals surface area contributed by atoms with Crippen LogP contribution in [0.5, 0.6) is 11.5 Å². The lowest BCUT2D eigenvalue weighted by Crippen LogP contribution is -2.38. The highest BCUT2D eigenvalue weighted by Crippen LogP contribution is 2.39. The van der Waals surface area contributed by atoms with Crippen LogP contribution in [-0.2, 0) is 32.4 Å². The van der Waals surface area contributed by atoms with Crippen LogP contribution in [0.1, 0.15) is 40.6 Å². The Morgan fingerprint density at radius 1 is 1.00 bits per heavy atom. The van der Waals surface area contributed by atoms with E-state index in [-0.39, 0.29) is 17.3 Å². The molecule has 1 aliphatic rings. The van der Waals surface area contributed by atoms with Crippen LogP contribution in [0.3, 0.4) is 0 Å². The van der Waals surface area contributed by atoms with E-state index in [2.05, 4.69) is 5.32 Å². The summed E-state index contributed by atoms with van der Waals surface area (Å²) in [7, 11) is -1.31. The zero-order chi connectivity index (χ0) is 27.3. The van der Waals surface area contributed by atoms with Crippen LogP contribution in [0.4, 0.5) is 10.7 Å². The number of para-hydroxylation sites is 1. The predicted molar refractivity (Wildman–Crippen MR) is 146 cm³/mol. The molecule has 0 radical (unpaired) electrons. The Morgan fingerprint density at radius 2 is 1.71 bits per heavy atom. The van der Waals surface area contributed by atoms with E-state index in [1.165, 1.54) is 43.8 Å². The van der Waals surface area contributed by atoms with Crippen LogP contribution < -0.4 is 19.1 Å². The number of ether oxygens (including phenoxy) is 3. The smallest absolute Gasteiger partial charge is 0.341 e. The number of hydrogen-bond acceptors (Lipinski definition) is 8. The van der Waals surface area contributed by atoms with E-state index >= 15 is 0 Å². The number of carbonyl (C=O) groups excluding carboxylic acids is 2. The molecular weight excluding hydrogens is 528 g/mol. The number of aryl methyl sites for hydroxylation is 1. The fourth-order valence-corrected chi connectivity index (χ4v) is 7.11. The van der Waals surface area contributed by atoms with Crippen molar-refractivity contribution < 1.29 is 32.2 Å². The summed E-state index contributed by atoms with van der Waals surface area (Å²) in [6.45, 7) is 1.43. The minimum absolute atomic E-state index is 0.0643. The number of amides is 1. The van der Waals surface area contributed by atoms with Crippen LogP contribution in [0.25, 0.3) is 0 Å². The van der Waals surface area contributed by atoms with Gasteiger partial charge in [0.2, 0.25) is 5.91 Å². The summed E-state index contributed by atoms with van der Waals surface area (Å²) in [5, 5.41) is 3.19. The first-order valence-corrected chi connectivity index (χ1v) is 14.5. The maximum Gasteiger partial charge on any atom is 0.341 e. The fourth-order valence-electron chi connectivity index (χ4n) is 4.38. The molecule has 0 saturated carbocycles. The molecule has 1 aromatic heterocycles. The van der Waals surface area contributed by atoms with Crippen LogP contribution in [0.2, 0.25) is 0 Å². The van der Waals surface area contributed by atoms with E-state index in [1.807, 2.05) is 0 Å². The number of sulfonamides is 1. The third-order valence-corrected chi connectivity index (χ3v) is 9.16. The Balaban J connectivity index is 1.68. The van der Waals surface area contributed by atoms with E-state index in [1.54, 1.807) is 37.3 Å². The van der Waals surface area contributed by atoms with Gasteiger partial charge in [-0.15, -0.1) is 11.3 Å². The quantitative estimate of drug-likeness (QED) is 0.361. The van der Waals surface area contributed by atoms with E-state index in [9.17, 15) is 18.0 Å². The Hall–Kier alpha value is -3.57. The topological polar surface area (TPSA) is 111 Å². The van der Waals surface area contributed by atoms with E-state index < -0.39 is 28.4 Å². The van der Waals surface area contributed by atoms with Crippen molar-refractivity contribution in [2.24, 2.45) is 0 Å². The molecule has 0 bridgehead atoms. The lowest BCUT2D eigenvalue weighted by atomic mass is 9.95. The number of anilines is 2. The standard InChI is InChI=1S/C27H30N2O7S2/c1-4-36-27(31)25-20-12-8-9-13-23(20)37-26(25)28-24(30)17-29(18-10-6-5-7-11-18)38(32,33)19-14-15-21(34-2)22(16-19)35-3/h5-7,10-11,14-16H,4,8-9,12-13,17H2,1-3H3,(H,28,30). The van der Waals surface area contributed by atoms with Crippen LogP contribution >= 0.6 is 11.3 Å². The normalized spacial score (nSPS) is 12.8. The minimum atomic E-state index is -4.19. The van der Waals surface area contributed by atoms with Crippen molar-refractivity contribution in [2.45, 2.75) is 37.5 Å². The van der Waals surface area contributed by atoms with E-state index in [0.29, 0.717) is 22.0 Å². The second-order valence-electron chi connectivity index (χ2n) is 8.55. The SMILES string of the molecule is CCOC(=O)c1c(NC(=O)CN(c2ccccc2)S(=O)(=O)c2ccc(OC)c(OC)c2)sc2c1CCCC2. The number of fused-ring (bicyclic) bond motifs is 1. The first-order valence-electron chi connectivity index (χ1n) is 12.2. The predicted octanol–water partition coefficient (Wildman–Crippen LogP) is 4.65. The van der Waals surface area contributed by atoms with E-state index in [0.717, 1.165) is 40.4 Å². The molecule has 1 heterocycles. The van der Waals surface area contributed by atoms with Gasteiger partial charge in [-0.2, -0.15) is 0 Å². The Kier molecular flexibility index (Phi) is 8.58. The molecule has 0 fully saturated rings. The van der Waals surface area contributed by atoms with Gasteiger partial charge in [-0.1, -0.05) is 18.2 Å². The molecule has 1 N–H and O–H groups in total. The highest BCUT2D eigenvalue weighted by Gasteiger charge is 2.31. The van der Waals surface area contributed by atoms with Gasteiger partial charge in [0.05, 0.1) is 37.0 Å². The number of thiophene rings is 1. The first kappa shape index (κ1) is 27.5. The lowest BCUT2D eigenvalue weighted by molar-refractivity contribution is -0.114. The summed E-state index contributed by atoms with van der Waals surface area (Å²) in [6, 6.07) is 12.6. The zero-order valence-electron chi connectivity index (χ0n) is 21.5. The average Bonchev–Trinajstić information content (AvgIpc) is 3.29. The molecule has 0 aliphatic heterocycles. The molecule has 0 saturated heterocycles. The molecule has 0 spiro atoms. The molecule has 11 heteroatoms. The van der Waals surface area contributed by atoms with Gasteiger partial charge in [0.25, 0.3) is 10.0 Å². The zero-order valence-corrected chi connectivity index (χ0v) is 23.1. The van der Waals surface area contributed by atoms with Gasteiger partial charge >= 0.3 is 5.97 Å². The largest absolute Gasteiger partial charge is 0.493 e. The Bertz CT molecular complexity index is 1420. The number of carbonyl (C=O) groups is 2. The number of methoxy groups -OCH3 is 2. The van der Waals surface area contributed by atoms with Crippen LogP contribution in [0, 0.1) is 0 Å². The fraction of sp³-hybridized carbons (Fsp3) is 0.333. The number of nitrogens with one attached hydrogen (secondary N) is 1. The number of benzene rings is 2. The number of esters is 1. The van der Waals surface area contributed by atoms with Gasteiger partial charge in [0.1, 0.15) is 11.5 Å². The number of nitrogens with zero attached hydrogens (tertiary/aromatic N) is 1. The summed E-state index contributed by atoms with van der Waals surface area (Å²) < 4.78 is 44.4. The highest BCUT2D eigenvalue weighted by atomic mass is 32.2. The molecule has 4 rings (SSSR count). The van der Waals surface area contributed by atoms with Crippen molar-refractivity contribution in [1.82, 2.24) is 0 Å². The molecule has 1 amide bonds. The van der Waals surface area contributed by atoms with Crippen molar-refractivity contribution in [3.8, 4) is 11.5 Å². The van der Waals surface area contributed by atoms with Gasteiger partial charge in [-0.3, -0.25) is 9.10 Å². The van der Waals surface area contributed by atoms with Crippen LogP contribution in [0.15, 0.2) is 53.4 Å². The van der Waals surface area contributed by atoms with Crippen LogP contribution in [-0.4, -0.2) is 47.7 Å². The maximum absolute atomic E-state index is 13.8. The van der Waals surface area contributed by atoms with Crippen molar-refractivity contribution in [3.05, 3.63) is 64.5 Å². The third kappa shape index (κ3) is 5.63. The summed E-state index contributed by atoms with van der Waals surface area (Å²) in [5.41, 5.74) is 1.59. The maximum atomic E-state index is 13.8. The van der Waals surface area contributed by atoms with Gasteiger partial charge in [-0.25, -0.2) is 13.2 Å². The molecule has 0 unspecified atom stereocenters. The molecule has 9 nitrogen and oxygen atoms in total. The molecule has 0 atom stereocenters. The summed E-state index contributed by atoms with van der Waals surface area (Å²) in [5.74, 6) is -0.444. The summed E-state index contributed by atoms with van der Waals surface area (Å²) >= 11 is 1.35. The molecule has 38 heavy (non-hydrogen) atoms. The first-order chi connectivity index (χ1) is 18.3. The summed E-state index contributed by atoms with van der Waals surface area (Å²) in [6.07, 6.45) is 3.52. The van der Waals surface area contributed by atoms with Gasteiger partial charge in [0.15, 0.2) is 11.5 Å². The Labute approximate surface area is 226 Å². The van der Waals surface area contributed by atoms with Crippen molar-refractivity contribution in [3.63, 3.8) is 0 Å². The molecule has 1 aliphatic carbocycles. The minimum Gasteiger partial charge on any atom is -0.493 e. The van der Waals surface area contributed by atoms with E-state index in [4.69, 9.17) is 14.2 Å². The van der Waals surface area contributed by atoms with Gasteiger partial charge in [-0.05, 0) is 62.4 Å². The average molecular weight is 559 g/mol. The molecule has 202 valence electrons. The second-order valence-corrected chi connectivity index (χ2v) is 11.5. The van der Waals surface area contributed by atoms with Crippen molar-refractivity contribution >= 4 is 43.9 Å². The molecular formula is C27H30N2O7S2. The number of hydrogen-bond donors (Lipinski definition) is 1.